The van der Waals surface area contributed by atoms with E-state index in [9.17, 15) is 23.7 Å². The molecule has 0 fully saturated rings. The number of nitrogens with zero attached hydrogens (tertiary/aromatic N) is 1. The quantitative estimate of drug-likeness (QED) is 0.311. The van der Waals surface area contributed by atoms with Crippen molar-refractivity contribution < 1.29 is 23.7 Å². The number of benzene rings is 2. The summed E-state index contributed by atoms with van der Waals surface area (Å²) in [6.45, 7) is 0.283. The Hall–Kier alpha value is -3.24. The molecule has 0 radical (unpaired) electrons. The van der Waals surface area contributed by atoms with Crippen LogP contribution in [0.15, 0.2) is 54.6 Å². The number of carbonyl (C=O) groups is 3. The van der Waals surface area contributed by atoms with E-state index in [1.807, 2.05) is 30.3 Å². The third-order valence-electron chi connectivity index (χ3n) is 5.47. The second-order valence-electron chi connectivity index (χ2n) is 8.37. The Morgan fingerprint density at radius 1 is 1.03 bits per heavy atom. The van der Waals surface area contributed by atoms with Crippen molar-refractivity contribution >= 4 is 28.5 Å². The summed E-state index contributed by atoms with van der Waals surface area (Å²) in [5.41, 5.74) is 7.87. The van der Waals surface area contributed by atoms with E-state index < -0.39 is 34.7 Å². The van der Waals surface area contributed by atoms with Crippen molar-refractivity contribution in [3.05, 3.63) is 65.7 Å². The molecule has 3 atom stereocenters. The van der Waals surface area contributed by atoms with Crippen LogP contribution >= 0.6 is 0 Å². The number of hydrogen-bond acceptors (Lipinski definition) is 6. The van der Waals surface area contributed by atoms with Crippen LogP contribution in [0.25, 0.3) is 0 Å². The van der Waals surface area contributed by atoms with Crippen molar-refractivity contribution in [2.75, 3.05) is 32.1 Å². The molecule has 0 heterocycles. The van der Waals surface area contributed by atoms with Gasteiger partial charge in [0.05, 0.1) is 12.6 Å². The Balaban J connectivity index is 1.88. The SMILES string of the molecule is CN(CCc1ccccc1)C(=O)CNC(=O)[C@@H](CC[S@](C)=O)NC(=O)[C@@H](N)Cc1ccc(O)cc1. The molecule has 35 heavy (non-hydrogen) atoms. The van der Waals surface area contributed by atoms with Crippen LogP contribution in [0.2, 0.25) is 0 Å². The summed E-state index contributed by atoms with van der Waals surface area (Å²) < 4.78 is 11.6. The summed E-state index contributed by atoms with van der Waals surface area (Å²) in [6.07, 6.45) is 2.56. The second kappa shape index (κ2) is 14.2. The van der Waals surface area contributed by atoms with Crippen LogP contribution in [0.4, 0.5) is 0 Å². The van der Waals surface area contributed by atoms with Gasteiger partial charge in [0.15, 0.2) is 0 Å². The molecular weight excluding hydrogens is 468 g/mol. The number of nitrogens with one attached hydrogen (secondary N) is 2. The van der Waals surface area contributed by atoms with Crippen LogP contribution in [-0.4, -0.2) is 76.2 Å². The molecule has 5 N–H and O–H groups in total. The Labute approximate surface area is 208 Å². The van der Waals surface area contributed by atoms with E-state index in [2.05, 4.69) is 10.6 Å². The van der Waals surface area contributed by atoms with Gasteiger partial charge in [-0.15, -0.1) is 0 Å². The Morgan fingerprint density at radius 2 is 1.69 bits per heavy atom. The predicted octanol–water partition coefficient (Wildman–Crippen LogP) is 0.333. The van der Waals surface area contributed by atoms with Gasteiger partial charge in [0, 0.05) is 36.4 Å². The zero-order valence-corrected chi connectivity index (χ0v) is 20.9. The molecule has 10 heteroatoms. The average molecular weight is 503 g/mol. The Morgan fingerprint density at radius 3 is 2.31 bits per heavy atom. The minimum absolute atomic E-state index is 0.108. The van der Waals surface area contributed by atoms with Crippen LogP contribution in [0.3, 0.4) is 0 Å². The maximum atomic E-state index is 12.8. The average Bonchev–Trinajstić information content (AvgIpc) is 2.84. The standard InChI is InChI=1S/C25H34N4O5S/c1-29(14-12-18-6-4-3-5-7-18)23(31)17-27-25(33)22(13-15-35(2)34)28-24(32)21(26)16-19-8-10-20(30)11-9-19/h3-11,21-22,30H,12-17,26H2,1-2H3,(H,27,33)(H,28,32)/t21-,22+,35-/m0/s1. The third-order valence-corrected chi connectivity index (χ3v) is 6.28. The number of aromatic hydroxyl groups is 1. The van der Waals surface area contributed by atoms with E-state index in [1.165, 1.54) is 23.3 Å². The third kappa shape index (κ3) is 10.3. The van der Waals surface area contributed by atoms with Gasteiger partial charge in [0.2, 0.25) is 17.7 Å². The van der Waals surface area contributed by atoms with Crippen molar-refractivity contribution in [3.63, 3.8) is 0 Å². The van der Waals surface area contributed by atoms with Gasteiger partial charge in [0.1, 0.15) is 11.8 Å². The molecule has 2 rings (SSSR count). The van der Waals surface area contributed by atoms with Crippen LogP contribution in [0, 0.1) is 0 Å². The lowest BCUT2D eigenvalue weighted by Gasteiger charge is -2.22. The molecular formula is C25H34N4O5S. The molecule has 3 amide bonds. The molecule has 0 bridgehead atoms. The molecule has 2 aromatic carbocycles. The highest BCUT2D eigenvalue weighted by Gasteiger charge is 2.25. The first-order valence-corrected chi connectivity index (χ1v) is 13.1. The van der Waals surface area contributed by atoms with Crippen LogP contribution in [-0.2, 0) is 38.0 Å². The zero-order valence-electron chi connectivity index (χ0n) is 20.1. The highest BCUT2D eigenvalue weighted by molar-refractivity contribution is 7.84. The van der Waals surface area contributed by atoms with E-state index in [4.69, 9.17) is 5.73 Å². The van der Waals surface area contributed by atoms with Crippen molar-refractivity contribution in [1.29, 1.82) is 0 Å². The number of phenolic OH excluding ortho intramolecular Hbond substituents is 1. The number of amides is 3. The number of nitrogens with two attached hydrogens (primary N) is 1. The number of carbonyl (C=O) groups excluding carboxylic acids is 3. The van der Waals surface area contributed by atoms with Crippen molar-refractivity contribution in [1.82, 2.24) is 15.5 Å². The van der Waals surface area contributed by atoms with Crippen LogP contribution < -0.4 is 16.4 Å². The predicted molar refractivity (Wildman–Crippen MR) is 136 cm³/mol. The van der Waals surface area contributed by atoms with Gasteiger partial charge < -0.3 is 26.4 Å². The molecule has 2 aromatic rings. The lowest BCUT2D eigenvalue weighted by Crippen LogP contribution is -2.53. The van der Waals surface area contributed by atoms with Gasteiger partial charge in [-0.1, -0.05) is 42.5 Å². The molecule has 0 aliphatic carbocycles. The molecule has 9 nitrogen and oxygen atoms in total. The first kappa shape index (κ1) is 28.0. The minimum Gasteiger partial charge on any atom is -0.508 e. The molecule has 0 saturated carbocycles. The summed E-state index contributed by atoms with van der Waals surface area (Å²) in [7, 11) is 0.502. The van der Waals surface area contributed by atoms with Crippen LogP contribution in [0.5, 0.6) is 5.75 Å². The lowest BCUT2D eigenvalue weighted by molar-refractivity contribution is -0.133. The summed E-state index contributed by atoms with van der Waals surface area (Å²) in [4.78, 5) is 39.4. The van der Waals surface area contributed by atoms with E-state index in [1.54, 1.807) is 19.2 Å². The summed E-state index contributed by atoms with van der Waals surface area (Å²) in [5.74, 6) is -1.02. The van der Waals surface area contributed by atoms with Gasteiger partial charge in [-0.2, -0.15) is 0 Å². The first-order chi connectivity index (χ1) is 16.7. The fourth-order valence-corrected chi connectivity index (χ4v) is 3.86. The van der Waals surface area contributed by atoms with Gasteiger partial charge in [-0.05, 0) is 42.5 Å². The molecule has 0 aliphatic heterocycles. The molecule has 0 unspecified atom stereocenters. The van der Waals surface area contributed by atoms with Crippen molar-refractivity contribution in [2.45, 2.75) is 31.3 Å². The largest absolute Gasteiger partial charge is 0.508 e. The molecule has 0 aromatic heterocycles. The summed E-state index contributed by atoms with van der Waals surface area (Å²) in [6, 6.07) is 14.2. The van der Waals surface area contributed by atoms with Gasteiger partial charge in [0.25, 0.3) is 0 Å². The van der Waals surface area contributed by atoms with Gasteiger partial charge >= 0.3 is 0 Å². The fraction of sp³-hybridized carbons (Fsp3) is 0.400. The number of phenols is 1. The molecule has 190 valence electrons. The van der Waals surface area contributed by atoms with E-state index >= 15 is 0 Å². The van der Waals surface area contributed by atoms with E-state index in [0.29, 0.717) is 13.0 Å². The molecule has 0 spiro atoms. The van der Waals surface area contributed by atoms with Crippen molar-refractivity contribution in [3.8, 4) is 5.75 Å². The number of hydrogen-bond donors (Lipinski definition) is 4. The first-order valence-electron chi connectivity index (χ1n) is 11.3. The van der Waals surface area contributed by atoms with Crippen LogP contribution in [0.1, 0.15) is 17.5 Å². The Kier molecular flexibility index (Phi) is 11.4. The molecule has 0 aliphatic rings. The normalized spacial score (nSPS) is 13.3. The number of rotatable bonds is 13. The highest BCUT2D eigenvalue weighted by Crippen LogP contribution is 2.11. The van der Waals surface area contributed by atoms with E-state index in [-0.39, 0.29) is 36.8 Å². The maximum Gasteiger partial charge on any atom is 0.243 e. The second-order valence-corrected chi connectivity index (χ2v) is 9.93. The minimum atomic E-state index is -1.16. The summed E-state index contributed by atoms with van der Waals surface area (Å²) >= 11 is 0. The Bertz CT molecular complexity index is 1000. The molecule has 0 saturated heterocycles. The van der Waals surface area contributed by atoms with Gasteiger partial charge in [-0.25, -0.2) is 0 Å². The zero-order chi connectivity index (χ0) is 25.8. The lowest BCUT2D eigenvalue weighted by atomic mass is 10.1. The fourth-order valence-electron chi connectivity index (χ4n) is 3.30. The van der Waals surface area contributed by atoms with Gasteiger partial charge in [-0.3, -0.25) is 18.6 Å². The number of likely N-dealkylation sites (N-methyl/N-ethyl adjacent to an activating group) is 1. The smallest absolute Gasteiger partial charge is 0.243 e. The highest BCUT2D eigenvalue weighted by atomic mass is 32.2. The van der Waals surface area contributed by atoms with Crippen molar-refractivity contribution in [2.24, 2.45) is 5.73 Å². The van der Waals surface area contributed by atoms with E-state index in [0.717, 1.165) is 11.1 Å². The topological polar surface area (TPSA) is 142 Å². The summed E-state index contributed by atoms with van der Waals surface area (Å²) in [5, 5.41) is 14.6. The maximum absolute atomic E-state index is 12.8. The monoisotopic (exact) mass is 502 g/mol.